The first kappa shape index (κ1) is 15.1. The van der Waals surface area contributed by atoms with E-state index >= 15 is 0 Å². The van der Waals surface area contributed by atoms with Crippen molar-refractivity contribution in [1.29, 1.82) is 0 Å². The maximum absolute atomic E-state index is 13.1. The number of halogens is 1. The Bertz CT molecular complexity index is 474. The van der Waals surface area contributed by atoms with Gasteiger partial charge in [-0.3, -0.25) is 9.69 Å². The van der Waals surface area contributed by atoms with Crippen LogP contribution in [0.3, 0.4) is 0 Å². The number of morpholine rings is 1. The average molecular weight is 279 g/mol. The normalized spacial score (nSPS) is 20.1. The molecule has 4 heteroatoms. The fraction of sp³-hybridized carbons (Fsp3) is 0.562. The van der Waals surface area contributed by atoms with Gasteiger partial charge in [-0.15, -0.1) is 0 Å². The Kier molecular flexibility index (Phi) is 5.26. The third-order valence-electron chi connectivity index (χ3n) is 3.72. The van der Waals surface area contributed by atoms with E-state index in [1.54, 1.807) is 6.07 Å². The van der Waals surface area contributed by atoms with Gasteiger partial charge in [-0.2, -0.15) is 0 Å². The average Bonchev–Trinajstić information content (AvgIpc) is 2.42. The number of aryl methyl sites for hydroxylation is 1. The number of hydrogen-bond donors (Lipinski definition) is 0. The van der Waals surface area contributed by atoms with Crippen LogP contribution in [0.4, 0.5) is 4.39 Å². The Balaban J connectivity index is 1.97. The Morgan fingerprint density at radius 2 is 2.30 bits per heavy atom. The molecule has 0 aliphatic carbocycles. The van der Waals surface area contributed by atoms with Crippen LogP contribution in [0.25, 0.3) is 0 Å². The monoisotopic (exact) mass is 279 g/mol. The number of Topliss-reactive ketones (excluding diaryl/α,β-unsaturated/α-hetero) is 1. The minimum Gasteiger partial charge on any atom is -0.368 e. The van der Waals surface area contributed by atoms with E-state index < -0.39 is 0 Å². The maximum atomic E-state index is 13.1. The molecule has 0 bridgehead atoms. The van der Waals surface area contributed by atoms with Crippen molar-refractivity contribution in [1.82, 2.24) is 4.90 Å². The molecule has 0 amide bonds. The van der Waals surface area contributed by atoms with E-state index in [0.717, 1.165) is 30.6 Å². The number of hydrogen-bond acceptors (Lipinski definition) is 3. The fourth-order valence-corrected chi connectivity index (χ4v) is 2.58. The molecule has 1 heterocycles. The maximum Gasteiger partial charge on any atom is 0.167 e. The molecule has 1 aliphatic heterocycles. The Morgan fingerprint density at radius 1 is 1.50 bits per heavy atom. The van der Waals surface area contributed by atoms with Crippen LogP contribution >= 0.6 is 0 Å². The Labute approximate surface area is 119 Å². The predicted octanol–water partition coefficient (Wildman–Crippen LogP) is 2.36. The molecule has 0 N–H and O–H groups in total. The summed E-state index contributed by atoms with van der Waals surface area (Å²) >= 11 is 0. The zero-order valence-corrected chi connectivity index (χ0v) is 12.2. The zero-order valence-electron chi connectivity index (χ0n) is 12.2. The standard InChI is InChI=1S/C16H22FNO2/c1-3-6-18-7-8-20-16(11-18)15(19)10-13-4-5-14(17)9-12(13)2/h4-5,9,16H,3,6-8,10-11H2,1-2H3. The molecule has 1 aliphatic rings. The molecular formula is C16H22FNO2. The third-order valence-corrected chi connectivity index (χ3v) is 3.72. The highest BCUT2D eigenvalue weighted by molar-refractivity contribution is 5.85. The van der Waals surface area contributed by atoms with E-state index in [1.807, 2.05) is 6.92 Å². The molecule has 110 valence electrons. The summed E-state index contributed by atoms with van der Waals surface area (Å²) < 4.78 is 18.6. The minimum atomic E-state index is -0.347. The highest BCUT2D eigenvalue weighted by atomic mass is 19.1. The minimum absolute atomic E-state index is 0.0838. The molecule has 1 atom stereocenters. The van der Waals surface area contributed by atoms with Gasteiger partial charge in [0.1, 0.15) is 11.9 Å². The summed E-state index contributed by atoms with van der Waals surface area (Å²) in [4.78, 5) is 14.6. The third kappa shape index (κ3) is 3.87. The molecule has 0 radical (unpaired) electrons. The lowest BCUT2D eigenvalue weighted by Crippen LogP contribution is -2.46. The molecule has 1 fully saturated rings. The van der Waals surface area contributed by atoms with Gasteiger partial charge in [-0.05, 0) is 43.1 Å². The smallest absolute Gasteiger partial charge is 0.167 e. The van der Waals surface area contributed by atoms with Gasteiger partial charge >= 0.3 is 0 Å². The molecule has 0 saturated carbocycles. The molecule has 1 saturated heterocycles. The summed E-state index contributed by atoms with van der Waals surface area (Å²) in [5.41, 5.74) is 1.70. The number of carbonyl (C=O) groups excluding carboxylic acids is 1. The second-order valence-corrected chi connectivity index (χ2v) is 5.37. The van der Waals surface area contributed by atoms with Crippen LogP contribution in [-0.4, -0.2) is 43.0 Å². The second-order valence-electron chi connectivity index (χ2n) is 5.37. The number of benzene rings is 1. The van der Waals surface area contributed by atoms with E-state index in [9.17, 15) is 9.18 Å². The van der Waals surface area contributed by atoms with Crippen LogP contribution in [0.5, 0.6) is 0 Å². The van der Waals surface area contributed by atoms with Gasteiger partial charge in [0.25, 0.3) is 0 Å². The first-order chi connectivity index (χ1) is 9.60. The molecule has 1 aromatic carbocycles. The van der Waals surface area contributed by atoms with Gasteiger partial charge in [0.15, 0.2) is 5.78 Å². The van der Waals surface area contributed by atoms with Crippen molar-refractivity contribution in [3.8, 4) is 0 Å². The van der Waals surface area contributed by atoms with Crippen LogP contribution in [0.2, 0.25) is 0 Å². The van der Waals surface area contributed by atoms with Crippen molar-refractivity contribution in [2.75, 3.05) is 26.2 Å². The summed E-state index contributed by atoms with van der Waals surface area (Å²) in [6.45, 7) is 7.15. The summed E-state index contributed by atoms with van der Waals surface area (Å²) in [5.74, 6) is -0.178. The first-order valence-electron chi connectivity index (χ1n) is 7.22. The molecule has 2 rings (SSSR count). The zero-order chi connectivity index (χ0) is 14.5. The SMILES string of the molecule is CCCN1CCOC(C(=O)Cc2ccc(F)cc2C)C1. The Hall–Kier alpha value is -1.26. The van der Waals surface area contributed by atoms with Crippen molar-refractivity contribution < 1.29 is 13.9 Å². The Morgan fingerprint density at radius 3 is 3.00 bits per heavy atom. The van der Waals surface area contributed by atoms with Gasteiger partial charge in [0, 0.05) is 19.5 Å². The highest BCUT2D eigenvalue weighted by Crippen LogP contribution is 2.14. The topological polar surface area (TPSA) is 29.5 Å². The van der Waals surface area contributed by atoms with Crippen LogP contribution in [0, 0.1) is 12.7 Å². The number of ketones is 1. The molecule has 1 unspecified atom stereocenters. The summed E-state index contributed by atoms with van der Waals surface area (Å²) in [5, 5.41) is 0. The summed E-state index contributed by atoms with van der Waals surface area (Å²) in [6.07, 6.45) is 1.05. The molecular weight excluding hydrogens is 257 g/mol. The summed E-state index contributed by atoms with van der Waals surface area (Å²) in [7, 11) is 0. The van der Waals surface area contributed by atoms with E-state index in [1.165, 1.54) is 12.1 Å². The quantitative estimate of drug-likeness (QED) is 0.828. The fourth-order valence-electron chi connectivity index (χ4n) is 2.58. The second kappa shape index (κ2) is 6.95. The van der Waals surface area contributed by atoms with E-state index in [4.69, 9.17) is 4.74 Å². The lowest BCUT2D eigenvalue weighted by Gasteiger charge is -2.32. The van der Waals surface area contributed by atoms with Crippen molar-refractivity contribution in [2.24, 2.45) is 0 Å². The largest absolute Gasteiger partial charge is 0.368 e. The van der Waals surface area contributed by atoms with E-state index in [-0.39, 0.29) is 17.7 Å². The van der Waals surface area contributed by atoms with Crippen LogP contribution in [0.1, 0.15) is 24.5 Å². The lowest BCUT2D eigenvalue weighted by molar-refractivity contribution is -0.135. The number of rotatable bonds is 5. The van der Waals surface area contributed by atoms with Gasteiger partial charge < -0.3 is 4.74 Å². The van der Waals surface area contributed by atoms with Crippen LogP contribution in [0.15, 0.2) is 18.2 Å². The molecule has 1 aromatic rings. The summed E-state index contributed by atoms with van der Waals surface area (Å²) in [6, 6.07) is 4.56. The number of carbonyl (C=O) groups is 1. The molecule has 3 nitrogen and oxygen atoms in total. The van der Waals surface area contributed by atoms with Crippen LogP contribution in [-0.2, 0) is 16.0 Å². The van der Waals surface area contributed by atoms with Gasteiger partial charge in [0.2, 0.25) is 0 Å². The first-order valence-corrected chi connectivity index (χ1v) is 7.22. The van der Waals surface area contributed by atoms with Crippen LogP contribution < -0.4 is 0 Å². The van der Waals surface area contributed by atoms with Crippen molar-refractivity contribution >= 4 is 5.78 Å². The number of nitrogens with zero attached hydrogens (tertiary/aromatic N) is 1. The lowest BCUT2D eigenvalue weighted by atomic mass is 10.00. The molecule has 0 aromatic heterocycles. The van der Waals surface area contributed by atoms with Gasteiger partial charge in [-0.25, -0.2) is 4.39 Å². The van der Waals surface area contributed by atoms with Gasteiger partial charge in [0.05, 0.1) is 6.61 Å². The van der Waals surface area contributed by atoms with Crippen molar-refractivity contribution in [2.45, 2.75) is 32.8 Å². The number of ether oxygens (including phenoxy) is 1. The predicted molar refractivity (Wildman–Crippen MR) is 76.3 cm³/mol. The molecule has 0 spiro atoms. The molecule has 20 heavy (non-hydrogen) atoms. The van der Waals surface area contributed by atoms with E-state index in [2.05, 4.69) is 11.8 Å². The van der Waals surface area contributed by atoms with Crippen molar-refractivity contribution in [3.63, 3.8) is 0 Å². The van der Waals surface area contributed by atoms with E-state index in [0.29, 0.717) is 19.6 Å². The van der Waals surface area contributed by atoms with Crippen molar-refractivity contribution in [3.05, 3.63) is 35.1 Å². The highest BCUT2D eigenvalue weighted by Gasteiger charge is 2.26. The van der Waals surface area contributed by atoms with Gasteiger partial charge in [-0.1, -0.05) is 13.0 Å².